The molecule has 0 heterocycles. The molecule has 1 unspecified atom stereocenters. The minimum atomic E-state index is -0.118. The summed E-state index contributed by atoms with van der Waals surface area (Å²) < 4.78 is 6.20. The Morgan fingerprint density at radius 1 is 1.06 bits per heavy atom. The zero-order valence-corrected chi connectivity index (χ0v) is 12.1. The maximum atomic E-state index is 6.28. The third kappa shape index (κ3) is 2.92. The zero-order chi connectivity index (χ0) is 13.1. The van der Waals surface area contributed by atoms with E-state index in [0.29, 0.717) is 0 Å². The Bertz CT molecular complexity index is 516. The second kappa shape index (κ2) is 5.55. The molecule has 3 heteroatoms. The van der Waals surface area contributed by atoms with Crippen molar-refractivity contribution in [2.24, 2.45) is 5.73 Å². The molecule has 0 aromatic heterocycles. The molecule has 2 rings (SSSR count). The van der Waals surface area contributed by atoms with Crippen molar-refractivity contribution in [1.82, 2.24) is 0 Å². The smallest absolute Gasteiger partial charge is 0.118 e. The van der Waals surface area contributed by atoms with Gasteiger partial charge in [0.2, 0.25) is 0 Å². The molecule has 0 radical (unpaired) electrons. The number of ether oxygens (including phenoxy) is 1. The highest BCUT2D eigenvalue weighted by Gasteiger charge is 2.10. The van der Waals surface area contributed by atoms with Crippen LogP contribution in [0.5, 0.6) is 5.75 Å². The standard InChI is InChI=1S/C15H16BrNO/c1-10-7-12(9-13(16)8-10)15(17)11-3-5-14(18-2)6-4-11/h3-9,15H,17H2,1-2H3. The minimum absolute atomic E-state index is 0.118. The summed E-state index contributed by atoms with van der Waals surface area (Å²) in [7, 11) is 1.66. The lowest BCUT2D eigenvalue weighted by molar-refractivity contribution is 0.414. The van der Waals surface area contributed by atoms with Crippen LogP contribution in [0.4, 0.5) is 0 Å². The molecule has 2 N–H and O–H groups in total. The van der Waals surface area contributed by atoms with Crippen LogP contribution < -0.4 is 10.5 Å². The molecule has 18 heavy (non-hydrogen) atoms. The van der Waals surface area contributed by atoms with Gasteiger partial charge < -0.3 is 10.5 Å². The van der Waals surface area contributed by atoms with Gasteiger partial charge in [-0.15, -0.1) is 0 Å². The average Bonchev–Trinajstić information content (AvgIpc) is 2.37. The third-order valence-corrected chi connectivity index (χ3v) is 3.36. The fraction of sp³-hybridized carbons (Fsp3) is 0.200. The van der Waals surface area contributed by atoms with E-state index in [0.717, 1.165) is 21.3 Å². The molecule has 0 bridgehead atoms. The number of nitrogens with two attached hydrogens (primary N) is 1. The molecule has 0 spiro atoms. The molecule has 0 fully saturated rings. The molecular weight excluding hydrogens is 290 g/mol. The maximum Gasteiger partial charge on any atom is 0.118 e. The molecule has 2 nitrogen and oxygen atoms in total. The van der Waals surface area contributed by atoms with Gasteiger partial charge in [-0.3, -0.25) is 0 Å². The molecule has 0 aliphatic carbocycles. The van der Waals surface area contributed by atoms with E-state index in [2.05, 4.69) is 41.1 Å². The molecular formula is C15H16BrNO. The Hall–Kier alpha value is -1.32. The summed E-state index contributed by atoms with van der Waals surface area (Å²) in [5.74, 6) is 0.844. The van der Waals surface area contributed by atoms with Gasteiger partial charge in [0.15, 0.2) is 0 Å². The van der Waals surface area contributed by atoms with Gasteiger partial charge in [0.1, 0.15) is 5.75 Å². The van der Waals surface area contributed by atoms with Crippen molar-refractivity contribution in [1.29, 1.82) is 0 Å². The first kappa shape index (κ1) is 13.1. The fourth-order valence-electron chi connectivity index (χ4n) is 1.95. The van der Waals surface area contributed by atoms with Crippen LogP contribution in [0.15, 0.2) is 46.9 Å². The van der Waals surface area contributed by atoms with E-state index in [-0.39, 0.29) is 6.04 Å². The molecule has 0 amide bonds. The molecule has 0 saturated carbocycles. The summed E-state index contributed by atoms with van der Waals surface area (Å²) in [6.45, 7) is 2.06. The molecule has 1 atom stereocenters. The Morgan fingerprint density at radius 3 is 2.28 bits per heavy atom. The topological polar surface area (TPSA) is 35.2 Å². The lowest BCUT2D eigenvalue weighted by atomic mass is 9.98. The number of benzene rings is 2. The second-order valence-electron chi connectivity index (χ2n) is 4.31. The van der Waals surface area contributed by atoms with E-state index in [1.165, 1.54) is 5.56 Å². The normalized spacial score (nSPS) is 12.2. The summed E-state index contributed by atoms with van der Waals surface area (Å²) in [5.41, 5.74) is 9.66. The van der Waals surface area contributed by atoms with Crippen LogP contribution >= 0.6 is 15.9 Å². The van der Waals surface area contributed by atoms with E-state index >= 15 is 0 Å². The second-order valence-corrected chi connectivity index (χ2v) is 5.23. The first-order chi connectivity index (χ1) is 8.60. The first-order valence-electron chi connectivity index (χ1n) is 5.77. The van der Waals surface area contributed by atoms with E-state index < -0.39 is 0 Å². The number of halogens is 1. The van der Waals surface area contributed by atoms with Gasteiger partial charge in [-0.25, -0.2) is 0 Å². The minimum Gasteiger partial charge on any atom is -0.497 e. The van der Waals surface area contributed by atoms with Gasteiger partial charge >= 0.3 is 0 Å². The summed E-state index contributed by atoms with van der Waals surface area (Å²) in [4.78, 5) is 0. The summed E-state index contributed by atoms with van der Waals surface area (Å²) in [6, 6.07) is 14.0. The van der Waals surface area contributed by atoms with Crippen LogP contribution in [0.1, 0.15) is 22.7 Å². The quantitative estimate of drug-likeness (QED) is 0.936. The Labute approximate surface area is 116 Å². The average molecular weight is 306 g/mol. The van der Waals surface area contributed by atoms with Crippen LogP contribution in [-0.2, 0) is 0 Å². The molecule has 2 aromatic carbocycles. The van der Waals surface area contributed by atoms with Gasteiger partial charge in [0.05, 0.1) is 13.2 Å². The Kier molecular flexibility index (Phi) is 4.04. The number of rotatable bonds is 3. The van der Waals surface area contributed by atoms with E-state index in [1.807, 2.05) is 24.3 Å². The van der Waals surface area contributed by atoms with E-state index in [1.54, 1.807) is 7.11 Å². The van der Waals surface area contributed by atoms with Crippen molar-refractivity contribution in [3.05, 3.63) is 63.6 Å². The van der Waals surface area contributed by atoms with Crippen molar-refractivity contribution >= 4 is 15.9 Å². The fourth-order valence-corrected chi connectivity index (χ4v) is 2.57. The highest BCUT2D eigenvalue weighted by atomic mass is 79.9. The highest BCUT2D eigenvalue weighted by Crippen LogP contribution is 2.25. The van der Waals surface area contributed by atoms with Gasteiger partial charge in [0, 0.05) is 4.47 Å². The van der Waals surface area contributed by atoms with Crippen LogP contribution in [0.3, 0.4) is 0 Å². The lowest BCUT2D eigenvalue weighted by Crippen LogP contribution is -2.11. The number of hydrogen-bond acceptors (Lipinski definition) is 2. The molecule has 2 aromatic rings. The zero-order valence-electron chi connectivity index (χ0n) is 10.5. The Morgan fingerprint density at radius 2 is 1.72 bits per heavy atom. The lowest BCUT2D eigenvalue weighted by Gasteiger charge is -2.14. The van der Waals surface area contributed by atoms with E-state index in [9.17, 15) is 0 Å². The van der Waals surface area contributed by atoms with Crippen LogP contribution in [0.25, 0.3) is 0 Å². The summed E-state index contributed by atoms with van der Waals surface area (Å²) in [5, 5.41) is 0. The summed E-state index contributed by atoms with van der Waals surface area (Å²) in [6.07, 6.45) is 0. The van der Waals surface area contributed by atoms with Gasteiger partial charge in [-0.05, 0) is 47.9 Å². The molecule has 0 saturated heterocycles. The maximum absolute atomic E-state index is 6.28. The number of aryl methyl sites for hydroxylation is 1. The van der Waals surface area contributed by atoms with Crippen LogP contribution in [-0.4, -0.2) is 7.11 Å². The molecule has 94 valence electrons. The highest BCUT2D eigenvalue weighted by molar-refractivity contribution is 9.10. The molecule has 0 aliphatic rings. The monoisotopic (exact) mass is 305 g/mol. The van der Waals surface area contributed by atoms with Gasteiger partial charge in [-0.1, -0.05) is 34.1 Å². The molecule has 0 aliphatic heterocycles. The number of methoxy groups -OCH3 is 1. The summed E-state index contributed by atoms with van der Waals surface area (Å²) >= 11 is 3.50. The van der Waals surface area contributed by atoms with Crippen LogP contribution in [0.2, 0.25) is 0 Å². The van der Waals surface area contributed by atoms with Crippen molar-refractivity contribution in [3.8, 4) is 5.75 Å². The van der Waals surface area contributed by atoms with Gasteiger partial charge in [0.25, 0.3) is 0 Å². The number of hydrogen-bond donors (Lipinski definition) is 1. The third-order valence-electron chi connectivity index (χ3n) is 2.90. The first-order valence-corrected chi connectivity index (χ1v) is 6.56. The Balaban J connectivity index is 2.31. The van der Waals surface area contributed by atoms with Crippen LogP contribution in [0, 0.1) is 6.92 Å². The van der Waals surface area contributed by atoms with Crippen molar-refractivity contribution in [2.75, 3.05) is 7.11 Å². The van der Waals surface area contributed by atoms with Crippen molar-refractivity contribution in [2.45, 2.75) is 13.0 Å². The van der Waals surface area contributed by atoms with Crippen molar-refractivity contribution < 1.29 is 4.74 Å². The SMILES string of the molecule is COc1ccc(C(N)c2cc(C)cc(Br)c2)cc1. The van der Waals surface area contributed by atoms with E-state index in [4.69, 9.17) is 10.5 Å². The van der Waals surface area contributed by atoms with Crippen molar-refractivity contribution in [3.63, 3.8) is 0 Å². The van der Waals surface area contributed by atoms with Gasteiger partial charge in [-0.2, -0.15) is 0 Å². The largest absolute Gasteiger partial charge is 0.497 e. The predicted molar refractivity (Wildman–Crippen MR) is 77.9 cm³/mol. The predicted octanol–water partition coefficient (Wildman–Crippen LogP) is 3.81.